The molecule has 0 bridgehead atoms. The van der Waals surface area contributed by atoms with Gasteiger partial charge in [-0.05, 0) is 63.1 Å². The van der Waals surface area contributed by atoms with Crippen molar-refractivity contribution in [2.24, 2.45) is 0 Å². The van der Waals surface area contributed by atoms with Crippen LogP contribution in [0.5, 0.6) is 5.75 Å². The van der Waals surface area contributed by atoms with E-state index in [-0.39, 0.29) is 24.2 Å². The average molecular weight is 436 g/mol. The molecule has 2 aromatic carbocycles. The Bertz CT molecular complexity index is 923. The first kappa shape index (κ1) is 23.4. The lowest BCUT2D eigenvalue weighted by Gasteiger charge is -2.32. The van der Waals surface area contributed by atoms with E-state index >= 15 is 4.39 Å². The molecule has 0 unspecified atom stereocenters. The summed E-state index contributed by atoms with van der Waals surface area (Å²) in [6.45, 7) is 7.19. The lowest BCUT2D eigenvalue weighted by atomic mass is 9.81. The molecule has 0 radical (unpaired) electrons. The summed E-state index contributed by atoms with van der Waals surface area (Å²) in [5.41, 5.74) is -3.01. The zero-order valence-corrected chi connectivity index (χ0v) is 17.9. The van der Waals surface area contributed by atoms with Crippen LogP contribution in [-0.4, -0.2) is 24.9 Å². The topological polar surface area (TPSA) is 27.7 Å². The SMILES string of the molecule is CC1(C)OB(C(F)=C(CCOc2ccccc2)c2cccc(C(F)(F)F)c2)OC1(C)C. The molecule has 31 heavy (non-hydrogen) atoms. The summed E-state index contributed by atoms with van der Waals surface area (Å²) in [4.78, 5) is 0. The summed E-state index contributed by atoms with van der Waals surface area (Å²) >= 11 is 0. The Kier molecular flexibility index (Phi) is 6.53. The number of rotatable bonds is 6. The quantitative estimate of drug-likeness (QED) is 0.383. The van der Waals surface area contributed by atoms with Crippen LogP contribution in [0, 0.1) is 0 Å². The minimum atomic E-state index is -4.54. The zero-order chi connectivity index (χ0) is 22.9. The largest absolute Gasteiger partial charge is 0.525 e. The average Bonchev–Trinajstić information content (AvgIpc) is 2.92. The van der Waals surface area contributed by atoms with Crippen LogP contribution in [0.1, 0.15) is 45.2 Å². The molecule has 8 heteroatoms. The van der Waals surface area contributed by atoms with Gasteiger partial charge in [-0.1, -0.05) is 30.3 Å². The van der Waals surface area contributed by atoms with Crippen LogP contribution >= 0.6 is 0 Å². The molecule has 1 fully saturated rings. The lowest BCUT2D eigenvalue weighted by molar-refractivity contribution is -0.137. The van der Waals surface area contributed by atoms with E-state index in [1.807, 2.05) is 6.07 Å². The number of halogens is 4. The second-order valence-corrected chi connectivity index (χ2v) is 8.40. The first-order chi connectivity index (χ1) is 14.4. The van der Waals surface area contributed by atoms with Crippen LogP contribution in [0.25, 0.3) is 5.57 Å². The van der Waals surface area contributed by atoms with Crippen LogP contribution in [0.4, 0.5) is 17.6 Å². The van der Waals surface area contributed by atoms with Crippen molar-refractivity contribution >= 4 is 12.7 Å². The van der Waals surface area contributed by atoms with Crippen molar-refractivity contribution in [1.29, 1.82) is 0 Å². The number of ether oxygens (including phenoxy) is 1. The van der Waals surface area contributed by atoms with Crippen molar-refractivity contribution in [2.45, 2.75) is 51.5 Å². The van der Waals surface area contributed by atoms with Crippen LogP contribution in [0.15, 0.2) is 60.3 Å². The number of alkyl halides is 3. The standard InChI is InChI=1S/C23H25BF4O3/c1-21(2)22(3,4)31-24(30-21)20(25)19(13-14-29-18-11-6-5-7-12-18)16-9-8-10-17(15-16)23(26,27)28/h5-12,15H,13-14H2,1-4H3. The van der Waals surface area contributed by atoms with Gasteiger partial charge in [-0.2, -0.15) is 13.2 Å². The van der Waals surface area contributed by atoms with E-state index in [2.05, 4.69) is 0 Å². The van der Waals surface area contributed by atoms with Crippen molar-refractivity contribution in [3.05, 3.63) is 71.5 Å². The van der Waals surface area contributed by atoms with Gasteiger partial charge in [0.1, 0.15) is 11.5 Å². The molecule has 1 heterocycles. The maximum Gasteiger partial charge on any atom is 0.525 e. The maximum atomic E-state index is 15.6. The van der Waals surface area contributed by atoms with Gasteiger partial charge in [-0.3, -0.25) is 0 Å². The highest BCUT2D eigenvalue weighted by Gasteiger charge is 2.53. The molecular formula is C23H25BF4O3. The Labute approximate surface area is 180 Å². The van der Waals surface area contributed by atoms with Gasteiger partial charge in [0, 0.05) is 6.42 Å². The van der Waals surface area contributed by atoms with E-state index in [4.69, 9.17) is 14.0 Å². The van der Waals surface area contributed by atoms with E-state index in [1.54, 1.807) is 52.0 Å². The van der Waals surface area contributed by atoms with E-state index in [1.165, 1.54) is 12.1 Å². The fraction of sp³-hybridized carbons (Fsp3) is 0.391. The van der Waals surface area contributed by atoms with Gasteiger partial charge in [-0.25, -0.2) is 4.39 Å². The van der Waals surface area contributed by atoms with Gasteiger partial charge in [0.2, 0.25) is 0 Å². The second-order valence-electron chi connectivity index (χ2n) is 8.40. The molecule has 3 nitrogen and oxygen atoms in total. The molecule has 0 N–H and O–H groups in total. The maximum absolute atomic E-state index is 15.6. The third-order valence-electron chi connectivity index (χ3n) is 5.65. The first-order valence-electron chi connectivity index (χ1n) is 10.0. The highest BCUT2D eigenvalue weighted by Crippen LogP contribution is 2.41. The van der Waals surface area contributed by atoms with Crippen LogP contribution in [0.3, 0.4) is 0 Å². The van der Waals surface area contributed by atoms with Crippen molar-refractivity contribution < 1.29 is 31.6 Å². The Morgan fingerprint density at radius 1 is 0.935 bits per heavy atom. The van der Waals surface area contributed by atoms with Crippen molar-refractivity contribution in [2.75, 3.05) is 6.61 Å². The molecule has 2 aromatic rings. The normalized spacial score (nSPS) is 18.6. The van der Waals surface area contributed by atoms with Gasteiger partial charge in [-0.15, -0.1) is 0 Å². The fourth-order valence-electron chi connectivity index (χ4n) is 3.16. The molecule has 0 aromatic heterocycles. The Morgan fingerprint density at radius 3 is 2.13 bits per heavy atom. The third-order valence-corrected chi connectivity index (χ3v) is 5.65. The molecule has 0 spiro atoms. The summed E-state index contributed by atoms with van der Waals surface area (Å²) in [5.74, 6) is 0.585. The van der Waals surface area contributed by atoms with E-state index in [0.29, 0.717) is 5.75 Å². The number of para-hydroxylation sites is 1. The fourth-order valence-corrected chi connectivity index (χ4v) is 3.16. The number of benzene rings is 2. The molecule has 1 saturated heterocycles. The minimum Gasteiger partial charge on any atom is -0.493 e. The zero-order valence-electron chi connectivity index (χ0n) is 17.9. The van der Waals surface area contributed by atoms with E-state index in [9.17, 15) is 13.2 Å². The predicted octanol–water partition coefficient (Wildman–Crippen LogP) is 6.49. The van der Waals surface area contributed by atoms with E-state index < -0.39 is 35.8 Å². The number of hydrogen-bond donors (Lipinski definition) is 0. The monoisotopic (exact) mass is 436 g/mol. The van der Waals surface area contributed by atoms with Gasteiger partial charge < -0.3 is 14.0 Å². The second kappa shape index (κ2) is 8.67. The highest BCUT2D eigenvalue weighted by molar-refractivity contribution is 6.55. The molecule has 1 aliphatic heterocycles. The molecule has 1 aliphatic rings. The Morgan fingerprint density at radius 2 is 1.55 bits per heavy atom. The first-order valence-corrected chi connectivity index (χ1v) is 10.0. The molecule has 0 atom stereocenters. The highest BCUT2D eigenvalue weighted by atomic mass is 19.4. The summed E-state index contributed by atoms with van der Waals surface area (Å²) in [7, 11) is -1.31. The van der Waals surface area contributed by atoms with E-state index in [0.717, 1.165) is 12.1 Å². The van der Waals surface area contributed by atoms with Gasteiger partial charge >= 0.3 is 13.3 Å². The van der Waals surface area contributed by atoms with Crippen LogP contribution in [-0.2, 0) is 15.5 Å². The van der Waals surface area contributed by atoms with Gasteiger partial charge in [0.05, 0.1) is 23.4 Å². The van der Waals surface area contributed by atoms with Crippen LogP contribution < -0.4 is 4.74 Å². The van der Waals surface area contributed by atoms with Crippen LogP contribution in [0.2, 0.25) is 0 Å². The Hall–Kier alpha value is -2.32. The third kappa shape index (κ3) is 5.30. The molecule has 0 amide bonds. The summed E-state index contributed by atoms with van der Waals surface area (Å²) in [6, 6.07) is 13.5. The smallest absolute Gasteiger partial charge is 0.493 e. The minimum absolute atomic E-state index is 0.0338. The van der Waals surface area contributed by atoms with Crippen molar-refractivity contribution in [1.82, 2.24) is 0 Å². The van der Waals surface area contributed by atoms with Crippen molar-refractivity contribution in [3.8, 4) is 5.75 Å². The molecule has 166 valence electrons. The molecule has 0 aliphatic carbocycles. The van der Waals surface area contributed by atoms with Crippen molar-refractivity contribution in [3.63, 3.8) is 0 Å². The molecular weight excluding hydrogens is 411 g/mol. The van der Waals surface area contributed by atoms with Gasteiger partial charge in [0.25, 0.3) is 0 Å². The summed E-state index contributed by atoms with van der Waals surface area (Å²) < 4.78 is 72.5. The predicted molar refractivity (Wildman–Crippen MR) is 112 cm³/mol. The number of hydrogen-bond acceptors (Lipinski definition) is 3. The lowest BCUT2D eigenvalue weighted by Crippen LogP contribution is -2.41. The molecule has 3 rings (SSSR count). The summed E-state index contributed by atoms with van der Waals surface area (Å²) in [6.07, 6.45) is -4.51. The molecule has 0 saturated carbocycles. The van der Waals surface area contributed by atoms with Gasteiger partial charge in [0.15, 0.2) is 0 Å². The Balaban J connectivity index is 1.93. The summed E-state index contributed by atoms with van der Waals surface area (Å²) in [5, 5.41) is 0.